The van der Waals surface area contributed by atoms with Gasteiger partial charge in [0.05, 0.1) is 5.41 Å². The minimum Gasteiger partial charge on any atom is -0.481 e. The van der Waals surface area contributed by atoms with Crippen molar-refractivity contribution >= 4 is 17.6 Å². The number of carboxylic acid groups (broad SMARTS) is 1. The number of carboxylic acids is 1. The van der Waals surface area contributed by atoms with Gasteiger partial charge in [0.2, 0.25) is 5.91 Å². The van der Waals surface area contributed by atoms with Crippen molar-refractivity contribution in [3.63, 3.8) is 0 Å². The molecule has 20 heavy (non-hydrogen) atoms. The van der Waals surface area contributed by atoms with E-state index in [-0.39, 0.29) is 12.3 Å². The van der Waals surface area contributed by atoms with E-state index in [1.54, 1.807) is 0 Å². The minimum atomic E-state index is -0.969. The number of hydrogen-bond donors (Lipinski definition) is 2. The van der Waals surface area contributed by atoms with E-state index in [1.165, 1.54) is 0 Å². The van der Waals surface area contributed by atoms with Crippen molar-refractivity contribution in [2.75, 3.05) is 5.32 Å². The Kier molecular flexibility index (Phi) is 5.31. The summed E-state index contributed by atoms with van der Waals surface area (Å²) in [7, 11) is 0. The maximum absolute atomic E-state index is 12.1. The van der Waals surface area contributed by atoms with Crippen molar-refractivity contribution in [3.05, 3.63) is 29.3 Å². The molecular weight excluding hydrogens is 254 g/mol. The Balaban J connectivity index is 2.83. The highest BCUT2D eigenvalue weighted by Crippen LogP contribution is 2.31. The summed E-state index contributed by atoms with van der Waals surface area (Å²) in [6.45, 7) is 7.54. The van der Waals surface area contributed by atoms with Crippen molar-refractivity contribution in [1.82, 2.24) is 0 Å². The zero-order chi connectivity index (χ0) is 15.3. The number of carbonyl (C=O) groups excluding carboxylic acids is 1. The highest BCUT2D eigenvalue weighted by Gasteiger charge is 2.37. The third kappa shape index (κ3) is 3.83. The highest BCUT2D eigenvalue weighted by atomic mass is 16.4. The average Bonchev–Trinajstić information content (AvgIpc) is 2.34. The summed E-state index contributed by atoms with van der Waals surface area (Å²) in [5.41, 5.74) is 1.88. The van der Waals surface area contributed by atoms with Crippen LogP contribution in [0, 0.1) is 19.3 Å². The van der Waals surface area contributed by atoms with E-state index < -0.39 is 11.4 Å². The molecule has 1 aromatic rings. The van der Waals surface area contributed by atoms with E-state index in [1.807, 2.05) is 45.9 Å². The Morgan fingerprint density at radius 2 is 1.60 bits per heavy atom. The third-order valence-electron chi connectivity index (χ3n) is 3.81. The van der Waals surface area contributed by atoms with Crippen LogP contribution in [0.3, 0.4) is 0 Å². The lowest BCUT2D eigenvalue weighted by Gasteiger charge is -2.25. The van der Waals surface area contributed by atoms with Crippen LogP contribution in [0.15, 0.2) is 18.2 Å². The molecule has 1 aromatic carbocycles. The van der Waals surface area contributed by atoms with Gasteiger partial charge in [-0.25, -0.2) is 0 Å². The summed E-state index contributed by atoms with van der Waals surface area (Å²) in [6.07, 6.45) is 0.889. The Labute approximate surface area is 120 Å². The van der Waals surface area contributed by atoms with Gasteiger partial charge in [-0.1, -0.05) is 19.9 Å². The first-order chi connectivity index (χ1) is 9.32. The van der Waals surface area contributed by atoms with Crippen molar-refractivity contribution in [1.29, 1.82) is 0 Å². The summed E-state index contributed by atoms with van der Waals surface area (Å²) >= 11 is 0. The molecular formula is C16H23NO3. The second-order valence-corrected chi connectivity index (χ2v) is 5.39. The van der Waals surface area contributed by atoms with E-state index in [0.29, 0.717) is 12.8 Å². The SMILES string of the molecule is CCC(CC)(CC(=O)Nc1cc(C)cc(C)c1)C(=O)O. The zero-order valence-corrected chi connectivity index (χ0v) is 12.6. The van der Waals surface area contributed by atoms with Crippen LogP contribution >= 0.6 is 0 Å². The summed E-state index contributed by atoms with van der Waals surface area (Å²) < 4.78 is 0. The van der Waals surface area contributed by atoms with Gasteiger partial charge in [-0.3, -0.25) is 9.59 Å². The Bertz CT molecular complexity index is 484. The summed E-state index contributed by atoms with van der Waals surface area (Å²) in [5.74, 6) is -1.15. The maximum Gasteiger partial charge on any atom is 0.310 e. The number of benzene rings is 1. The number of aliphatic carboxylic acids is 1. The van der Waals surface area contributed by atoms with Crippen LogP contribution in [0.4, 0.5) is 5.69 Å². The minimum absolute atomic E-state index is 0.00230. The van der Waals surface area contributed by atoms with Gasteiger partial charge in [-0.2, -0.15) is 0 Å². The molecule has 0 aliphatic carbocycles. The molecule has 0 aliphatic heterocycles. The first-order valence-corrected chi connectivity index (χ1v) is 6.94. The molecule has 1 amide bonds. The lowest BCUT2D eigenvalue weighted by molar-refractivity contribution is -0.151. The lowest BCUT2D eigenvalue weighted by Crippen LogP contribution is -2.34. The van der Waals surface area contributed by atoms with E-state index in [2.05, 4.69) is 5.32 Å². The Hall–Kier alpha value is -1.84. The molecule has 0 radical (unpaired) electrons. The Morgan fingerprint density at radius 3 is 2.00 bits per heavy atom. The van der Waals surface area contributed by atoms with Crippen LogP contribution in [0.2, 0.25) is 0 Å². The van der Waals surface area contributed by atoms with Crippen LogP contribution < -0.4 is 5.32 Å². The van der Waals surface area contributed by atoms with E-state index in [4.69, 9.17) is 0 Å². The van der Waals surface area contributed by atoms with Gasteiger partial charge in [-0.05, 0) is 49.9 Å². The predicted octanol–water partition coefficient (Wildman–Crippen LogP) is 3.52. The first kappa shape index (κ1) is 16.2. The van der Waals surface area contributed by atoms with Crippen LogP contribution in [0.25, 0.3) is 0 Å². The van der Waals surface area contributed by atoms with Gasteiger partial charge >= 0.3 is 5.97 Å². The maximum atomic E-state index is 12.1. The van der Waals surface area contributed by atoms with Crippen molar-refractivity contribution in [2.45, 2.75) is 47.0 Å². The number of carbonyl (C=O) groups is 2. The standard InChI is InChI=1S/C16H23NO3/c1-5-16(6-2,15(19)20)10-14(18)17-13-8-11(3)7-12(4)9-13/h7-9H,5-6,10H2,1-4H3,(H,17,18)(H,19,20). The highest BCUT2D eigenvalue weighted by molar-refractivity contribution is 5.94. The quantitative estimate of drug-likeness (QED) is 0.836. The van der Waals surface area contributed by atoms with Crippen LogP contribution in [-0.4, -0.2) is 17.0 Å². The summed E-state index contributed by atoms with van der Waals surface area (Å²) in [5, 5.41) is 12.1. The normalized spacial score (nSPS) is 11.2. The Morgan fingerprint density at radius 1 is 1.10 bits per heavy atom. The molecule has 0 aliphatic rings. The van der Waals surface area contributed by atoms with Crippen LogP contribution in [0.5, 0.6) is 0 Å². The molecule has 0 unspecified atom stereocenters. The van der Waals surface area contributed by atoms with E-state index >= 15 is 0 Å². The molecule has 0 heterocycles. The largest absolute Gasteiger partial charge is 0.481 e. The molecule has 4 nitrogen and oxygen atoms in total. The number of nitrogens with one attached hydrogen (secondary N) is 1. The van der Waals surface area contributed by atoms with Gasteiger partial charge in [0, 0.05) is 12.1 Å². The molecule has 0 saturated heterocycles. The number of rotatable bonds is 6. The third-order valence-corrected chi connectivity index (χ3v) is 3.81. The topological polar surface area (TPSA) is 66.4 Å². The van der Waals surface area contributed by atoms with Crippen molar-refractivity contribution < 1.29 is 14.7 Å². The van der Waals surface area contributed by atoms with Gasteiger partial charge in [0.15, 0.2) is 0 Å². The number of amides is 1. The molecule has 2 N–H and O–H groups in total. The molecule has 1 rings (SSSR count). The average molecular weight is 277 g/mol. The van der Waals surface area contributed by atoms with Gasteiger partial charge in [0.25, 0.3) is 0 Å². The number of aryl methyl sites for hydroxylation is 2. The molecule has 0 saturated carbocycles. The first-order valence-electron chi connectivity index (χ1n) is 6.94. The van der Waals surface area contributed by atoms with Crippen LogP contribution in [-0.2, 0) is 9.59 Å². The fraction of sp³-hybridized carbons (Fsp3) is 0.500. The molecule has 0 fully saturated rings. The fourth-order valence-electron chi connectivity index (χ4n) is 2.44. The summed E-state index contributed by atoms with van der Waals surface area (Å²) in [4.78, 5) is 23.5. The second kappa shape index (κ2) is 6.55. The molecule has 4 heteroatoms. The van der Waals surface area contributed by atoms with E-state index in [0.717, 1.165) is 16.8 Å². The lowest BCUT2D eigenvalue weighted by atomic mass is 9.79. The smallest absolute Gasteiger partial charge is 0.310 e. The molecule has 110 valence electrons. The molecule has 0 bridgehead atoms. The van der Waals surface area contributed by atoms with Gasteiger partial charge in [-0.15, -0.1) is 0 Å². The molecule has 0 atom stereocenters. The van der Waals surface area contributed by atoms with Crippen molar-refractivity contribution in [3.8, 4) is 0 Å². The molecule has 0 aromatic heterocycles. The number of hydrogen-bond acceptors (Lipinski definition) is 2. The second-order valence-electron chi connectivity index (χ2n) is 5.39. The van der Waals surface area contributed by atoms with Gasteiger partial charge < -0.3 is 10.4 Å². The molecule has 0 spiro atoms. The van der Waals surface area contributed by atoms with Gasteiger partial charge in [0.1, 0.15) is 0 Å². The summed E-state index contributed by atoms with van der Waals surface area (Å²) in [6, 6.07) is 5.78. The van der Waals surface area contributed by atoms with Crippen molar-refractivity contribution in [2.24, 2.45) is 5.41 Å². The predicted molar refractivity (Wildman–Crippen MR) is 79.8 cm³/mol. The fourth-order valence-corrected chi connectivity index (χ4v) is 2.44. The monoisotopic (exact) mass is 277 g/mol. The van der Waals surface area contributed by atoms with E-state index in [9.17, 15) is 14.7 Å². The van der Waals surface area contributed by atoms with Crippen LogP contribution in [0.1, 0.15) is 44.2 Å². The zero-order valence-electron chi connectivity index (χ0n) is 12.6. The number of anilines is 1.